The molecule has 1 aromatic carbocycles. The number of fused-ring (bicyclic) bond motifs is 6. The Morgan fingerprint density at radius 2 is 1.64 bits per heavy atom. The smallest absolute Gasteiger partial charge is 0.255 e. The second-order valence-corrected chi connectivity index (χ2v) is 7.61. The molecule has 0 spiro atoms. The standard InChI is InChI=1S/C21H25N4/c1-12(2)15-7-8-16(13(3)4)20-18(15)19-17(14(5)9-10-22-19)21-24(6)11-23-25(20)21/h7-13H,1-6H3/q+1. The Bertz CT molecular complexity index is 1120. The van der Waals surface area contributed by atoms with Crippen LogP contribution in [0.4, 0.5) is 0 Å². The highest BCUT2D eigenvalue weighted by atomic mass is 15.3. The lowest BCUT2D eigenvalue weighted by molar-refractivity contribution is -0.645. The topological polar surface area (TPSA) is 34.1 Å². The van der Waals surface area contributed by atoms with Gasteiger partial charge in [-0.15, -0.1) is 0 Å². The molecule has 0 unspecified atom stereocenters. The quantitative estimate of drug-likeness (QED) is 0.402. The highest BCUT2D eigenvalue weighted by Crippen LogP contribution is 2.37. The van der Waals surface area contributed by atoms with Crippen LogP contribution >= 0.6 is 0 Å². The molecule has 0 saturated heterocycles. The number of benzene rings is 1. The molecule has 4 aromatic rings. The molecular weight excluding hydrogens is 308 g/mol. The van der Waals surface area contributed by atoms with E-state index in [1.807, 2.05) is 12.5 Å². The molecule has 0 aliphatic carbocycles. The van der Waals surface area contributed by atoms with Crippen molar-refractivity contribution in [3.63, 3.8) is 0 Å². The Balaban J connectivity index is 2.44. The molecule has 0 atom stereocenters. The molecule has 3 heterocycles. The normalized spacial score (nSPS) is 12.3. The van der Waals surface area contributed by atoms with Crippen LogP contribution in [-0.2, 0) is 7.05 Å². The molecule has 0 saturated carbocycles. The van der Waals surface area contributed by atoms with Gasteiger partial charge in [0.05, 0.1) is 18.0 Å². The van der Waals surface area contributed by atoms with Crippen LogP contribution < -0.4 is 4.57 Å². The van der Waals surface area contributed by atoms with E-state index >= 15 is 0 Å². The second kappa shape index (κ2) is 5.51. The number of hydrogen-bond donors (Lipinski definition) is 0. The minimum absolute atomic E-state index is 0.420. The molecule has 0 amide bonds. The summed E-state index contributed by atoms with van der Waals surface area (Å²) >= 11 is 0. The van der Waals surface area contributed by atoms with Crippen LogP contribution in [0, 0.1) is 6.92 Å². The summed E-state index contributed by atoms with van der Waals surface area (Å²) < 4.78 is 4.22. The summed E-state index contributed by atoms with van der Waals surface area (Å²) in [5.74, 6) is 0.847. The number of aryl methyl sites for hydroxylation is 2. The van der Waals surface area contributed by atoms with E-state index in [0.29, 0.717) is 11.8 Å². The first-order valence-corrected chi connectivity index (χ1v) is 8.99. The van der Waals surface area contributed by atoms with Crippen molar-refractivity contribution in [2.75, 3.05) is 0 Å². The number of nitrogens with zero attached hydrogens (tertiary/aromatic N) is 4. The third-order valence-electron chi connectivity index (χ3n) is 5.19. The first-order chi connectivity index (χ1) is 11.9. The molecule has 128 valence electrons. The number of aromatic nitrogens is 4. The Kier molecular flexibility index (Phi) is 3.53. The lowest BCUT2D eigenvalue weighted by Gasteiger charge is -2.16. The van der Waals surface area contributed by atoms with Crippen molar-refractivity contribution in [2.24, 2.45) is 7.05 Å². The van der Waals surface area contributed by atoms with E-state index in [9.17, 15) is 0 Å². The average molecular weight is 333 g/mol. The summed E-state index contributed by atoms with van der Waals surface area (Å²) in [6.45, 7) is 11.1. The van der Waals surface area contributed by atoms with Crippen LogP contribution in [0.2, 0.25) is 0 Å². The van der Waals surface area contributed by atoms with Crippen LogP contribution in [0.25, 0.3) is 27.5 Å². The zero-order valence-electron chi connectivity index (χ0n) is 15.8. The average Bonchev–Trinajstić information content (AvgIpc) is 2.95. The highest BCUT2D eigenvalue weighted by Gasteiger charge is 2.25. The SMILES string of the molecule is Cc1ccnc2c3c(C(C)C)ccc(C(C)C)c3n3nc[n+](C)c3c12. The minimum atomic E-state index is 0.420. The third kappa shape index (κ3) is 2.16. The molecule has 0 fully saturated rings. The predicted molar refractivity (Wildman–Crippen MR) is 102 cm³/mol. The van der Waals surface area contributed by atoms with Gasteiger partial charge in [0.15, 0.2) is 5.52 Å². The van der Waals surface area contributed by atoms with Crippen molar-refractivity contribution in [1.29, 1.82) is 0 Å². The number of pyridine rings is 2. The molecule has 4 heteroatoms. The Morgan fingerprint density at radius 1 is 0.960 bits per heavy atom. The van der Waals surface area contributed by atoms with E-state index in [0.717, 1.165) is 11.2 Å². The summed E-state index contributed by atoms with van der Waals surface area (Å²) in [7, 11) is 2.06. The monoisotopic (exact) mass is 333 g/mol. The summed E-state index contributed by atoms with van der Waals surface area (Å²) in [5.41, 5.74) is 7.28. The number of rotatable bonds is 2. The van der Waals surface area contributed by atoms with Crippen molar-refractivity contribution in [3.05, 3.63) is 47.4 Å². The van der Waals surface area contributed by atoms with Crippen molar-refractivity contribution >= 4 is 27.5 Å². The molecule has 25 heavy (non-hydrogen) atoms. The first kappa shape index (κ1) is 16.0. The molecule has 0 bridgehead atoms. The fraction of sp³-hybridized carbons (Fsp3) is 0.381. The van der Waals surface area contributed by atoms with E-state index < -0.39 is 0 Å². The van der Waals surface area contributed by atoms with E-state index in [1.165, 1.54) is 33.0 Å². The van der Waals surface area contributed by atoms with Gasteiger partial charge >= 0.3 is 0 Å². The molecule has 0 radical (unpaired) electrons. The lowest BCUT2D eigenvalue weighted by Crippen LogP contribution is -2.26. The van der Waals surface area contributed by atoms with Gasteiger partial charge < -0.3 is 0 Å². The molecular formula is C21H25N4+. The Hall–Kier alpha value is -2.49. The van der Waals surface area contributed by atoms with E-state index in [2.05, 4.69) is 68.9 Å². The Morgan fingerprint density at radius 3 is 2.32 bits per heavy atom. The zero-order chi connectivity index (χ0) is 17.9. The molecule has 0 N–H and O–H groups in total. The Labute approximate surface area is 148 Å². The molecule has 0 aliphatic heterocycles. The zero-order valence-corrected chi connectivity index (χ0v) is 15.8. The summed E-state index contributed by atoms with van der Waals surface area (Å²) in [5, 5.41) is 7.17. The highest BCUT2D eigenvalue weighted by molar-refractivity contribution is 6.12. The maximum atomic E-state index is 4.83. The minimum Gasteiger partial charge on any atom is -0.255 e. The summed E-state index contributed by atoms with van der Waals surface area (Å²) in [6, 6.07) is 6.63. The van der Waals surface area contributed by atoms with Crippen molar-refractivity contribution in [2.45, 2.75) is 46.5 Å². The van der Waals surface area contributed by atoms with Crippen LogP contribution in [0.5, 0.6) is 0 Å². The first-order valence-electron chi connectivity index (χ1n) is 8.99. The van der Waals surface area contributed by atoms with Crippen molar-refractivity contribution < 1.29 is 4.57 Å². The molecule has 4 rings (SSSR count). The third-order valence-corrected chi connectivity index (χ3v) is 5.19. The second-order valence-electron chi connectivity index (χ2n) is 7.61. The predicted octanol–water partition coefficient (Wildman–Crippen LogP) is 4.42. The molecule has 3 aromatic heterocycles. The van der Waals surface area contributed by atoms with Crippen LogP contribution in [-0.4, -0.2) is 14.6 Å². The van der Waals surface area contributed by atoms with Gasteiger partial charge in [0.2, 0.25) is 0 Å². The fourth-order valence-corrected chi connectivity index (χ4v) is 3.91. The van der Waals surface area contributed by atoms with Crippen LogP contribution in [0.15, 0.2) is 30.7 Å². The van der Waals surface area contributed by atoms with Gasteiger partial charge in [0, 0.05) is 16.7 Å². The van der Waals surface area contributed by atoms with Crippen LogP contribution in [0.3, 0.4) is 0 Å². The van der Waals surface area contributed by atoms with Gasteiger partial charge in [0.1, 0.15) is 0 Å². The number of hydrogen-bond acceptors (Lipinski definition) is 2. The maximum absolute atomic E-state index is 4.83. The lowest BCUT2D eigenvalue weighted by atomic mass is 9.90. The van der Waals surface area contributed by atoms with Gasteiger partial charge in [-0.25, -0.2) is 4.57 Å². The van der Waals surface area contributed by atoms with Gasteiger partial charge in [-0.2, -0.15) is 0 Å². The van der Waals surface area contributed by atoms with Crippen molar-refractivity contribution in [3.8, 4) is 0 Å². The van der Waals surface area contributed by atoms with Crippen LogP contribution in [0.1, 0.15) is 56.2 Å². The van der Waals surface area contributed by atoms with E-state index in [-0.39, 0.29) is 0 Å². The fourth-order valence-electron chi connectivity index (χ4n) is 3.91. The van der Waals surface area contributed by atoms with Gasteiger partial charge in [-0.1, -0.05) is 44.3 Å². The molecule has 0 aliphatic rings. The summed E-state index contributed by atoms with van der Waals surface area (Å²) in [4.78, 5) is 4.83. The largest absolute Gasteiger partial charge is 0.275 e. The van der Waals surface area contributed by atoms with Gasteiger partial charge in [0.25, 0.3) is 12.0 Å². The van der Waals surface area contributed by atoms with Gasteiger partial charge in [-0.3, -0.25) is 4.98 Å². The maximum Gasteiger partial charge on any atom is 0.275 e. The van der Waals surface area contributed by atoms with Crippen molar-refractivity contribution in [1.82, 2.24) is 14.6 Å². The van der Waals surface area contributed by atoms with Gasteiger partial charge in [-0.05, 0) is 41.5 Å². The van der Waals surface area contributed by atoms with E-state index in [1.54, 1.807) is 0 Å². The molecule has 4 nitrogen and oxygen atoms in total. The summed E-state index contributed by atoms with van der Waals surface area (Å²) in [6.07, 6.45) is 3.82. The van der Waals surface area contributed by atoms with E-state index in [4.69, 9.17) is 10.1 Å².